The zero-order chi connectivity index (χ0) is 12.1. The summed E-state index contributed by atoms with van der Waals surface area (Å²) in [7, 11) is 0. The second-order valence-electron chi connectivity index (χ2n) is 3.19. The van der Waals surface area contributed by atoms with Gasteiger partial charge in [0, 0.05) is 6.92 Å². The van der Waals surface area contributed by atoms with Gasteiger partial charge in [0.05, 0.1) is 17.3 Å². The van der Waals surface area contributed by atoms with Crippen molar-refractivity contribution in [2.75, 3.05) is 0 Å². The standard InChI is InChI=1S/C11H11ClFNO2/c1-7(16)14-11(4-5-15)8-2-3-10(13)9(12)6-8/h2-6,11,15H,1H3,(H,14,16)/b5-4+. The van der Waals surface area contributed by atoms with E-state index in [2.05, 4.69) is 5.32 Å². The molecule has 1 aromatic carbocycles. The van der Waals surface area contributed by atoms with E-state index in [0.29, 0.717) is 5.56 Å². The number of carbonyl (C=O) groups excluding carboxylic acids is 1. The Balaban J connectivity index is 3.01. The van der Waals surface area contributed by atoms with Crippen LogP contribution in [0.25, 0.3) is 0 Å². The SMILES string of the molecule is CC(=O)NC(/C=C/O)c1ccc(F)c(Cl)c1. The maximum Gasteiger partial charge on any atom is 0.217 e. The Morgan fingerprint density at radius 1 is 1.62 bits per heavy atom. The molecule has 3 nitrogen and oxygen atoms in total. The van der Waals surface area contributed by atoms with Crippen molar-refractivity contribution in [1.29, 1.82) is 0 Å². The van der Waals surface area contributed by atoms with Gasteiger partial charge in [-0.3, -0.25) is 4.79 Å². The van der Waals surface area contributed by atoms with Crippen molar-refractivity contribution >= 4 is 17.5 Å². The van der Waals surface area contributed by atoms with E-state index in [1.165, 1.54) is 31.2 Å². The molecule has 0 radical (unpaired) electrons. The molecule has 86 valence electrons. The molecule has 2 N–H and O–H groups in total. The fraction of sp³-hybridized carbons (Fsp3) is 0.182. The third-order valence-corrected chi connectivity index (χ3v) is 2.23. The summed E-state index contributed by atoms with van der Waals surface area (Å²) in [6.07, 6.45) is 2.18. The van der Waals surface area contributed by atoms with Gasteiger partial charge in [0.2, 0.25) is 5.91 Å². The van der Waals surface area contributed by atoms with Crippen LogP contribution in [0.3, 0.4) is 0 Å². The van der Waals surface area contributed by atoms with Crippen LogP contribution >= 0.6 is 11.6 Å². The van der Waals surface area contributed by atoms with Crippen molar-refractivity contribution in [3.8, 4) is 0 Å². The molecule has 0 spiro atoms. The first-order valence-corrected chi connectivity index (χ1v) is 4.95. The molecule has 1 atom stereocenters. The van der Waals surface area contributed by atoms with Gasteiger partial charge in [-0.15, -0.1) is 0 Å². The van der Waals surface area contributed by atoms with Crippen LogP contribution in [-0.4, -0.2) is 11.0 Å². The fourth-order valence-corrected chi connectivity index (χ4v) is 1.44. The number of aliphatic hydroxyl groups excluding tert-OH is 1. The molecule has 0 aliphatic heterocycles. The Hall–Kier alpha value is -1.55. The lowest BCUT2D eigenvalue weighted by atomic mass is 10.1. The highest BCUT2D eigenvalue weighted by molar-refractivity contribution is 6.30. The highest BCUT2D eigenvalue weighted by atomic mass is 35.5. The zero-order valence-corrected chi connectivity index (χ0v) is 9.33. The van der Waals surface area contributed by atoms with Crippen molar-refractivity contribution in [2.24, 2.45) is 0 Å². The maximum atomic E-state index is 12.9. The predicted molar refractivity (Wildman–Crippen MR) is 59.7 cm³/mol. The van der Waals surface area contributed by atoms with Crippen LogP contribution in [0.1, 0.15) is 18.5 Å². The first-order valence-electron chi connectivity index (χ1n) is 4.57. The molecule has 0 bridgehead atoms. The number of nitrogens with one attached hydrogen (secondary N) is 1. The molecule has 0 saturated heterocycles. The molecule has 0 saturated carbocycles. The van der Waals surface area contributed by atoms with Crippen molar-refractivity contribution in [3.05, 3.63) is 46.9 Å². The number of benzene rings is 1. The van der Waals surface area contributed by atoms with Crippen LogP contribution in [0, 0.1) is 5.82 Å². The Morgan fingerprint density at radius 3 is 2.81 bits per heavy atom. The molecular formula is C11H11ClFNO2. The summed E-state index contributed by atoms with van der Waals surface area (Å²) in [5.74, 6) is -0.788. The predicted octanol–water partition coefficient (Wildman–Crippen LogP) is 2.73. The summed E-state index contributed by atoms with van der Waals surface area (Å²) in [6, 6.07) is 3.57. The van der Waals surface area contributed by atoms with Crippen LogP contribution in [0.5, 0.6) is 0 Å². The van der Waals surface area contributed by atoms with E-state index in [4.69, 9.17) is 16.7 Å². The lowest BCUT2D eigenvalue weighted by molar-refractivity contribution is -0.119. The number of hydrogen-bond acceptors (Lipinski definition) is 2. The first-order chi connectivity index (χ1) is 7.54. The minimum Gasteiger partial charge on any atom is -0.516 e. The van der Waals surface area contributed by atoms with Gasteiger partial charge in [-0.2, -0.15) is 0 Å². The van der Waals surface area contributed by atoms with E-state index >= 15 is 0 Å². The summed E-state index contributed by atoms with van der Waals surface area (Å²) in [5.41, 5.74) is 0.590. The Kier molecular flexibility index (Phi) is 4.31. The smallest absolute Gasteiger partial charge is 0.217 e. The molecule has 1 aromatic rings. The molecule has 0 aliphatic carbocycles. The van der Waals surface area contributed by atoms with E-state index in [-0.39, 0.29) is 10.9 Å². The third-order valence-electron chi connectivity index (χ3n) is 1.94. The Bertz CT molecular complexity index is 420. The largest absolute Gasteiger partial charge is 0.516 e. The van der Waals surface area contributed by atoms with Gasteiger partial charge in [0.15, 0.2) is 0 Å². The molecule has 16 heavy (non-hydrogen) atoms. The van der Waals surface area contributed by atoms with Crippen LogP contribution in [0.15, 0.2) is 30.5 Å². The summed E-state index contributed by atoms with van der Waals surface area (Å²) in [4.78, 5) is 10.9. The van der Waals surface area contributed by atoms with Crippen molar-refractivity contribution in [1.82, 2.24) is 5.32 Å². The summed E-state index contributed by atoms with van der Waals surface area (Å²) in [6.45, 7) is 1.35. The zero-order valence-electron chi connectivity index (χ0n) is 8.58. The van der Waals surface area contributed by atoms with Gasteiger partial charge in [-0.05, 0) is 23.8 Å². The van der Waals surface area contributed by atoms with Crippen LogP contribution in [-0.2, 0) is 4.79 Å². The number of carbonyl (C=O) groups is 1. The van der Waals surface area contributed by atoms with Crippen LogP contribution in [0.4, 0.5) is 4.39 Å². The van der Waals surface area contributed by atoms with Gasteiger partial charge in [-0.25, -0.2) is 4.39 Å². The molecule has 0 heterocycles. The highest BCUT2D eigenvalue weighted by Gasteiger charge is 2.11. The lowest BCUT2D eigenvalue weighted by Gasteiger charge is -2.14. The van der Waals surface area contributed by atoms with Crippen LogP contribution < -0.4 is 5.32 Å². The van der Waals surface area contributed by atoms with Crippen LogP contribution in [0.2, 0.25) is 5.02 Å². The molecule has 1 unspecified atom stereocenters. The van der Waals surface area contributed by atoms with Crippen molar-refractivity contribution < 1.29 is 14.3 Å². The van der Waals surface area contributed by atoms with Gasteiger partial charge in [-0.1, -0.05) is 17.7 Å². The number of rotatable bonds is 3. The van der Waals surface area contributed by atoms with Gasteiger partial charge >= 0.3 is 0 Å². The number of aliphatic hydroxyl groups is 1. The Morgan fingerprint density at radius 2 is 2.31 bits per heavy atom. The van der Waals surface area contributed by atoms with Crippen molar-refractivity contribution in [3.63, 3.8) is 0 Å². The number of hydrogen-bond donors (Lipinski definition) is 2. The third kappa shape index (κ3) is 3.24. The first kappa shape index (κ1) is 12.5. The molecule has 0 fully saturated rings. The summed E-state index contributed by atoms with van der Waals surface area (Å²) < 4.78 is 12.9. The van der Waals surface area contributed by atoms with Gasteiger partial charge < -0.3 is 10.4 Å². The molecule has 5 heteroatoms. The molecule has 1 amide bonds. The van der Waals surface area contributed by atoms with Gasteiger partial charge in [0.25, 0.3) is 0 Å². The lowest BCUT2D eigenvalue weighted by Crippen LogP contribution is -2.24. The maximum absolute atomic E-state index is 12.9. The monoisotopic (exact) mass is 243 g/mol. The normalized spacial score (nSPS) is 12.7. The van der Waals surface area contributed by atoms with E-state index in [1.54, 1.807) is 0 Å². The fourth-order valence-electron chi connectivity index (χ4n) is 1.25. The van der Waals surface area contributed by atoms with E-state index in [1.807, 2.05) is 0 Å². The molecular weight excluding hydrogens is 233 g/mol. The summed E-state index contributed by atoms with van der Waals surface area (Å²) in [5, 5.41) is 11.2. The van der Waals surface area contributed by atoms with E-state index in [0.717, 1.165) is 6.26 Å². The van der Waals surface area contributed by atoms with E-state index in [9.17, 15) is 9.18 Å². The Labute approximate surface area is 97.5 Å². The molecule has 1 rings (SSSR count). The highest BCUT2D eigenvalue weighted by Crippen LogP contribution is 2.21. The average molecular weight is 244 g/mol. The minimum absolute atomic E-state index is 0.0285. The van der Waals surface area contributed by atoms with Gasteiger partial charge in [0.1, 0.15) is 5.82 Å². The van der Waals surface area contributed by atoms with E-state index < -0.39 is 11.9 Å². The molecule has 0 aromatic heterocycles. The summed E-state index contributed by atoms with van der Waals surface area (Å²) >= 11 is 5.62. The van der Waals surface area contributed by atoms with Crippen molar-refractivity contribution in [2.45, 2.75) is 13.0 Å². The number of halogens is 2. The second kappa shape index (κ2) is 5.51. The average Bonchev–Trinajstić information content (AvgIpc) is 2.21. The number of amides is 1. The second-order valence-corrected chi connectivity index (χ2v) is 3.60. The minimum atomic E-state index is -0.528. The quantitative estimate of drug-likeness (QED) is 0.802. The topological polar surface area (TPSA) is 49.3 Å². The molecule has 0 aliphatic rings.